The molecule has 0 bridgehead atoms. The molecule has 2 aromatic carbocycles. The summed E-state index contributed by atoms with van der Waals surface area (Å²) in [6, 6.07) is 17.1. The second-order valence-electron chi connectivity index (χ2n) is 4.85. The van der Waals surface area contributed by atoms with Crippen molar-refractivity contribution < 1.29 is 0 Å². The lowest BCUT2D eigenvalue weighted by Gasteiger charge is -2.21. The van der Waals surface area contributed by atoms with Gasteiger partial charge in [0.2, 0.25) is 0 Å². The maximum atomic E-state index is 5.78. The standard InChI is InChI=1S/C17H22N2/c1-3-14-8-10-17(11-9-14)19(2)13-16-7-5-4-6-15(16)12-18/h4-11H,3,12-13,18H2,1-2H3. The van der Waals surface area contributed by atoms with Crippen molar-refractivity contribution in [2.45, 2.75) is 26.4 Å². The number of anilines is 1. The normalized spacial score (nSPS) is 10.5. The van der Waals surface area contributed by atoms with Crippen molar-refractivity contribution in [2.75, 3.05) is 11.9 Å². The second-order valence-corrected chi connectivity index (χ2v) is 4.85. The van der Waals surface area contributed by atoms with Gasteiger partial charge in [0.25, 0.3) is 0 Å². The van der Waals surface area contributed by atoms with Crippen LogP contribution in [0, 0.1) is 0 Å². The number of nitrogens with two attached hydrogens (primary N) is 1. The van der Waals surface area contributed by atoms with Crippen molar-refractivity contribution in [3.05, 3.63) is 65.2 Å². The Kier molecular flexibility index (Phi) is 4.58. The lowest BCUT2D eigenvalue weighted by Crippen LogP contribution is -2.18. The number of hydrogen-bond acceptors (Lipinski definition) is 2. The summed E-state index contributed by atoms with van der Waals surface area (Å²) < 4.78 is 0. The third kappa shape index (κ3) is 3.36. The molecule has 0 fully saturated rings. The van der Waals surface area contributed by atoms with Crippen LogP contribution >= 0.6 is 0 Å². The molecule has 2 rings (SSSR count). The van der Waals surface area contributed by atoms with Crippen molar-refractivity contribution in [3.8, 4) is 0 Å². The van der Waals surface area contributed by atoms with E-state index in [-0.39, 0.29) is 0 Å². The molecule has 0 unspecified atom stereocenters. The largest absolute Gasteiger partial charge is 0.370 e. The third-order valence-corrected chi connectivity index (χ3v) is 3.53. The smallest absolute Gasteiger partial charge is 0.0429 e. The summed E-state index contributed by atoms with van der Waals surface area (Å²) in [5.74, 6) is 0. The molecule has 0 saturated heterocycles. The van der Waals surface area contributed by atoms with Crippen LogP contribution in [0.2, 0.25) is 0 Å². The van der Waals surface area contributed by atoms with E-state index >= 15 is 0 Å². The predicted octanol–water partition coefficient (Wildman–Crippen LogP) is 3.34. The molecule has 2 nitrogen and oxygen atoms in total. The molecule has 0 heterocycles. The first-order chi connectivity index (χ1) is 9.24. The number of aryl methyl sites for hydroxylation is 1. The van der Waals surface area contributed by atoms with Gasteiger partial charge in [-0.3, -0.25) is 0 Å². The van der Waals surface area contributed by atoms with Crippen molar-refractivity contribution in [3.63, 3.8) is 0 Å². The Hall–Kier alpha value is -1.80. The van der Waals surface area contributed by atoms with E-state index in [0.717, 1.165) is 13.0 Å². The van der Waals surface area contributed by atoms with E-state index in [1.807, 2.05) is 6.07 Å². The lowest BCUT2D eigenvalue weighted by molar-refractivity contribution is 0.894. The molecule has 0 radical (unpaired) electrons. The van der Waals surface area contributed by atoms with Gasteiger partial charge in [-0.1, -0.05) is 43.3 Å². The molecular weight excluding hydrogens is 232 g/mol. The van der Waals surface area contributed by atoms with Crippen LogP contribution in [-0.2, 0) is 19.5 Å². The summed E-state index contributed by atoms with van der Waals surface area (Å²) in [5, 5.41) is 0. The Morgan fingerprint density at radius 2 is 1.58 bits per heavy atom. The minimum absolute atomic E-state index is 0.596. The van der Waals surface area contributed by atoms with E-state index in [1.165, 1.54) is 22.4 Å². The molecule has 2 aromatic rings. The average Bonchev–Trinajstić information content (AvgIpc) is 2.48. The molecular formula is C17H22N2. The topological polar surface area (TPSA) is 29.3 Å². The Morgan fingerprint density at radius 1 is 0.947 bits per heavy atom. The average molecular weight is 254 g/mol. The highest BCUT2D eigenvalue weighted by Crippen LogP contribution is 2.18. The third-order valence-electron chi connectivity index (χ3n) is 3.53. The van der Waals surface area contributed by atoms with Crippen LogP contribution in [0.5, 0.6) is 0 Å². The van der Waals surface area contributed by atoms with Gasteiger partial charge in [0, 0.05) is 25.8 Å². The SMILES string of the molecule is CCc1ccc(N(C)Cc2ccccc2CN)cc1. The Labute approximate surface area is 115 Å². The van der Waals surface area contributed by atoms with Gasteiger partial charge in [-0.15, -0.1) is 0 Å². The second kappa shape index (κ2) is 6.39. The fraction of sp³-hybridized carbons (Fsp3) is 0.294. The first-order valence-electron chi connectivity index (χ1n) is 6.81. The fourth-order valence-corrected chi connectivity index (χ4v) is 2.24. The van der Waals surface area contributed by atoms with Gasteiger partial charge in [-0.25, -0.2) is 0 Å². The quantitative estimate of drug-likeness (QED) is 0.886. The molecule has 100 valence electrons. The first kappa shape index (κ1) is 13.6. The zero-order valence-electron chi connectivity index (χ0n) is 11.8. The van der Waals surface area contributed by atoms with Crippen LogP contribution in [0.25, 0.3) is 0 Å². The zero-order chi connectivity index (χ0) is 13.7. The molecule has 0 aliphatic rings. The molecule has 2 heteroatoms. The summed E-state index contributed by atoms with van der Waals surface area (Å²) in [6.07, 6.45) is 1.08. The van der Waals surface area contributed by atoms with Gasteiger partial charge in [-0.05, 0) is 35.2 Å². The Morgan fingerprint density at radius 3 is 2.16 bits per heavy atom. The van der Waals surface area contributed by atoms with Gasteiger partial charge in [0.05, 0.1) is 0 Å². The minimum Gasteiger partial charge on any atom is -0.370 e. The maximum Gasteiger partial charge on any atom is 0.0429 e. The van der Waals surface area contributed by atoms with Gasteiger partial charge in [0.15, 0.2) is 0 Å². The highest BCUT2D eigenvalue weighted by atomic mass is 15.1. The van der Waals surface area contributed by atoms with Crippen molar-refractivity contribution in [1.29, 1.82) is 0 Å². The van der Waals surface area contributed by atoms with Gasteiger partial charge >= 0.3 is 0 Å². The summed E-state index contributed by atoms with van der Waals surface area (Å²) >= 11 is 0. The maximum absolute atomic E-state index is 5.78. The van der Waals surface area contributed by atoms with Gasteiger partial charge in [-0.2, -0.15) is 0 Å². The predicted molar refractivity (Wildman–Crippen MR) is 82.3 cm³/mol. The Bertz CT molecular complexity index is 517. The highest BCUT2D eigenvalue weighted by molar-refractivity contribution is 5.48. The van der Waals surface area contributed by atoms with E-state index in [9.17, 15) is 0 Å². The number of benzene rings is 2. The van der Waals surface area contributed by atoms with E-state index in [1.54, 1.807) is 0 Å². The monoisotopic (exact) mass is 254 g/mol. The van der Waals surface area contributed by atoms with Crippen molar-refractivity contribution in [1.82, 2.24) is 0 Å². The number of nitrogens with zero attached hydrogens (tertiary/aromatic N) is 1. The molecule has 0 aliphatic carbocycles. The Balaban J connectivity index is 2.13. The summed E-state index contributed by atoms with van der Waals surface area (Å²) in [4.78, 5) is 2.26. The minimum atomic E-state index is 0.596. The molecule has 19 heavy (non-hydrogen) atoms. The van der Waals surface area contributed by atoms with Crippen molar-refractivity contribution >= 4 is 5.69 Å². The van der Waals surface area contributed by atoms with E-state index < -0.39 is 0 Å². The summed E-state index contributed by atoms with van der Waals surface area (Å²) in [5.41, 5.74) is 10.9. The van der Waals surface area contributed by atoms with Crippen LogP contribution in [0.15, 0.2) is 48.5 Å². The van der Waals surface area contributed by atoms with E-state index in [4.69, 9.17) is 5.73 Å². The molecule has 0 spiro atoms. The summed E-state index contributed by atoms with van der Waals surface area (Å²) in [7, 11) is 2.12. The zero-order valence-corrected chi connectivity index (χ0v) is 11.8. The van der Waals surface area contributed by atoms with E-state index in [2.05, 4.69) is 61.3 Å². The molecule has 0 aromatic heterocycles. The van der Waals surface area contributed by atoms with Gasteiger partial charge in [0.1, 0.15) is 0 Å². The van der Waals surface area contributed by atoms with Crippen LogP contribution in [-0.4, -0.2) is 7.05 Å². The van der Waals surface area contributed by atoms with Crippen LogP contribution < -0.4 is 10.6 Å². The molecule has 0 amide bonds. The molecule has 0 atom stereocenters. The van der Waals surface area contributed by atoms with Crippen LogP contribution in [0.4, 0.5) is 5.69 Å². The number of rotatable bonds is 5. The highest BCUT2D eigenvalue weighted by Gasteiger charge is 2.05. The van der Waals surface area contributed by atoms with Crippen LogP contribution in [0.1, 0.15) is 23.6 Å². The molecule has 0 aliphatic heterocycles. The molecule has 2 N–H and O–H groups in total. The van der Waals surface area contributed by atoms with Crippen molar-refractivity contribution in [2.24, 2.45) is 5.73 Å². The first-order valence-corrected chi connectivity index (χ1v) is 6.81. The van der Waals surface area contributed by atoms with E-state index in [0.29, 0.717) is 6.54 Å². The number of hydrogen-bond donors (Lipinski definition) is 1. The summed E-state index contributed by atoms with van der Waals surface area (Å²) in [6.45, 7) is 3.66. The van der Waals surface area contributed by atoms with Gasteiger partial charge < -0.3 is 10.6 Å². The lowest BCUT2D eigenvalue weighted by atomic mass is 10.1. The molecule has 0 saturated carbocycles. The van der Waals surface area contributed by atoms with Crippen LogP contribution in [0.3, 0.4) is 0 Å². The fourth-order valence-electron chi connectivity index (χ4n) is 2.24.